The van der Waals surface area contributed by atoms with Gasteiger partial charge in [0.2, 0.25) is 6.08 Å². The minimum absolute atomic E-state index is 0.726. The van der Waals surface area contributed by atoms with Crippen LogP contribution in [0.5, 0.6) is 0 Å². The normalized spacial score (nSPS) is 14.4. The Morgan fingerprint density at radius 1 is 1.36 bits per heavy atom. The molecule has 0 N–H and O–H groups in total. The van der Waals surface area contributed by atoms with E-state index in [9.17, 15) is 18.0 Å². The zero-order valence-electron chi connectivity index (χ0n) is 6.14. The number of carbonyl (C=O) groups excluding carboxylic acids is 1. The Kier molecular flexibility index (Phi) is 3.26. The maximum Gasteiger partial charge on any atom is 0.411 e. The lowest BCUT2D eigenvalue weighted by atomic mass is 10.1. The van der Waals surface area contributed by atoms with Gasteiger partial charge in [-0.3, -0.25) is 0 Å². The third-order valence-electron chi connectivity index (χ3n) is 1.16. The second kappa shape index (κ2) is 3.53. The van der Waals surface area contributed by atoms with Gasteiger partial charge in [0.15, 0.2) is 6.04 Å². The van der Waals surface area contributed by atoms with Gasteiger partial charge < -0.3 is 0 Å². The second-order valence-electron chi connectivity index (χ2n) is 2.45. The molecule has 0 saturated heterocycles. The van der Waals surface area contributed by atoms with Crippen LogP contribution in [-0.4, -0.2) is 18.3 Å². The number of rotatable bonds is 2. The van der Waals surface area contributed by atoms with E-state index in [2.05, 4.69) is 4.99 Å². The number of hydrogen-bond donors (Lipinski definition) is 0. The highest BCUT2D eigenvalue weighted by atomic mass is 19.4. The minimum atomic E-state index is -4.44. The SMILES string of the molecule is CC(C)[C@H](N=C=O)C(F)(F)F. The van der Waals surface area contributed by atoms with Crippen molar-refractivity contribution in [3.63, 3.8) is 0 Å². The highest BCUT2D eigenvalue weighted by Gasteiger charge is 2.41. The fraction of sp³-hybridized carbons (Fsp3) is 0.833. The highest BCUT2D eigenvalue weighted by molar-refractivity contribution is 5.33. The summed E-state index contributed by atoms with van der Waals surface area (Å²) in [5, 5.41) is 0. The third kappa shape index (κ3) is 3.18. The van der Waals surface area contributed by atoms with E-state index >= 15 is 0 Å². The van der Waals surface area contributed by atoms with Crippen LogP contribution in [0.25, 0.3) is 0 Å². The molecule has 0 amide bonds. The van der Waals surface area contributed by atoms with E-state index in [4.69, 9.17) is 0 Å². The summed E-state index contributed by atoms with van der Waals surface area (Å²) in [6.45, 7) is 2.69. The van der Waals surface area contributed by atoms with E-state index in [0.29, 0.717) is 0 Å². The molecule has 1 atom stereocenters. The van der Waals surface area contributed by atoms with E-state index in [1.165, 1.54) is 13.8 Å². The summed E-state index contributed by atoms with van der Waals surface area (Å²) in [7, 11) is 0. The molecule has 2 nitrogen and oxygen atoms in total. The van der Waals surface area contributed by atoms with Gasteiger partial charge in [0.05, 0.1) is 0 Å². The summed E-state index contributed by atoms with van der Waals surface area (Å²) in [6, 6.07) is -1.92. The largest absolute Gasteiger partial charge is 0.411 e. The lowest BCUT2D eigenvalue weighted by molar-refractivity contribution is -0.155. The standard InChI is InChI=1S/C6H8F3NO/c1-4(2)5(10-3-11)6(7,8)9/h4-5H,1-2H3/t5-/m0/s1. The van der Waals surface area contributed by atoms with Gasteiger partial charge in [-0.15, -0.1) is 0 Å². The molecule has 5 heteroatoms. The van der Waals surface area contributed by atoms with Crippen LogP contribution in [-0.2, 0) is 4.79 Å². The number of nitrogens with zero attached hydrogens (tertiary/aromatic N) is 1. The van der Waals surface area contributed by atoms with E-state index in [0.717, 1.165) is 6.08 Å². The molecule has 0 aromatic rings. The van der Waals surface area contributed by atoms with Crippen molar-refractivity contribution in [2.24, 2.45) is 10.9 Å². The lowest BCUT2D eigenvalue weighted by Gasteiger charge is -2.17. The minimum Gasteiger partial charge on any atom is -0.211 e. The summed E-state index contributed by atoms with van der Waals surface area (Å²) >= 11 is 0. The van der Waals surface area contributed by atoms with Crippen molar-refractivity contribution in [2.75, 3.05) is 0 Å². The predicted octanol–water partition coefficient (Wildman–Crippen LogP) is 1.91. The maximum absolute atomic E-state index is 11.9. The molecule has 0 saturated carbocycles. The Balaban J connectivity index is 4.47. The Hall–Kier alpha value is -0.830. The molecule has 0 rings (SSSR count). The second-order valence-corrected chi connectivity index (χ2v) is 2.45. The predicted molar refractivity (Wildman–Crippen MR) is 32.8 cm³/mol. The molecule has 0 aromatic heterocycles. The molecule has 11 heavy (non-hydrogen) atoms. The van der Waals surface area contributed by atoms with E-state index in [1.807, 2.05) is 0 Å². The van der Waals surface area contributed by atoms with Crippen molar-refractivity contribution in [3.05, 3.63) is 0 Å². The van der Waals surface area contributed by atoms with Crippen molar-refractivity contribution in [2.45, 2.75) is 26.1 Å². The molecule has 0 aliphatic carbocycles. The number of isocyanates is 1. The number of halogens is 3. The fourth-order valence-electron chi connectivity index (χ4n) is 0.657. The van der Waals surface area contributed by atoms with Gasteiger partial charge in [-0.05, 0) is 5.92 Å². The fourth-order valence-corrected chi connectivity index (χ4v) is 0.657. The average Bonchev–Trinajstić information content (AvgIpc) is 1.79. The highest BCUT2D eigenvalue weighted by Crippen LogP contribution is 2.27. The zero-order valence-corrected chi connectivity index (χ0v) is 6.14. The van der Waals surface area contributed by atoms with Crippen molar-refractivity contribution in [3.8, 4) is 0 Å². The molecule has 0 fully saturated rings. The first kappa shape index (κ1) is 10.2. The van der Waals surface area contributed by atoms with Crippen LogP contribution in [0.15, 0.2) is 4.99 Å². The van der Waals surface area contributed by atoms with Crippen LogP contribution in [0, 0.1) is 5.92 Å². The van der Waals surface area contributed by atoms with Gasteiger partial charge in [-0.1, -0.05) is 13.8 Å². The molecule has 0 aromatic carbocycles. The van der Waals surface area contributed by atoms with Crippen LogP contribution in [0.4, 0.5) is 13.2 Å². The Morgan fingerprint density at radius 3 is 1.91 bits per heavy atom. The number of hydrogen-bond acceptors (Lipinski definition) is 2. The van der Waals surface area contributed by atoms with Gasteiger partial charge in [0.1, 0.15) is 0 Å². The van der Waals surface area contributed by atoms with Crippen LogP contribution in [0.1, 0.15) is 13.8 Å². The summed E-state index contributed by atoms with van der Waals surface area (Å²) < 4.78 is 35.7. The van der Waals surface area contributed by atoms with Gasteiger partial charge in [-0.25, -0.2) is 4.79 Å². The molecule has 0 aliphatic rings. The monoisotopic (exact) mass is 167 g/mol. The van der Waals surface area contributed by atoms with Crippen molar-refractivity contribution < 1.29 is 18.0 Å². The van der Waals surface area contributed by atoms with Crippen molar-refractivity contribution in [1.29, 1.82) is 0 Å². The third-order valence-corrected chi connectivity index (χ3v) is 1.16. The lowest BCUT2D eigenvalue weighted by Crippen LogP contribution is -2.31. The topological polar surface area (TPSA) is 29.4 Å². The summed E-state index contributed by atoms with van der Waals surface area (Å²) in [6.07, 6.45) is -3.53. The molecule has 0 radical (unpaired) electrons. The summed E-state index contributed by atoms with van der Waals surface area (Å²) in [5.74, 6) is -0.726. The molecular formula is C6H8F3NO. The summed E-state index contributed by atoms with van der Waals surface area (Å²) in [4.78, 5) is 12.2. The number of alkyl halides is 3. The van der Waals surface area contributed by atoms with Gasteiger partial charge >= 0.3 is 6.18 Å². The first-order chi connectivity index (χ1) is 4.89. The molecule has 0 bridgehead atoms. The Morgan fingerprint density at radius 2 is 1.82 bits per heavy atom. The Bertz CT molecular complexity index is 169. The van der Waals surface area contributed by atoms with Crippen molar-refractivity contribution in [1.82, 2.24) is 0 Å². The molecule has 0 heterocycles. The van der Waals surface area contributed by atoms with Crippen LogP contribution in [0.3, 0.4) is 0 Å². The van der Waals surface area contributed by atoms with E-state index in [-0.39, 0.29) is 0 Å². The molecule has 0 aliphatic heterocycles. The van der Waals surface area contributed by atoms with E-state index in [1.54, 1.807) is 0 Å². The molecule has 64 valence electrons. The average molecular weight is 167 g/mol. The van der Waals surface area contributed by atoms with Crippen LogP contribution < -0.4 is 0 Å². The zero-order chi connectivity index (χ0) is 9.07. The van der Waals surface area contributed by atoms with Gasteiger partial charge in [0, 0.05) is 0 Å². The summed E-state index contributed by atoms with van der Waals surface area (Å²) in [5.41, 5.74) is 0. The smallest absolute Gasteiger partial charge is 0.211 e. The molecular weight excluding hydrogens is 159 g/mol. The van der Waals surface area contributed by atoms with Gasteiger partial charge in [-0.2, -0.15) is 18.2 Å². The molecule has 0 unspecified atom stereocenters. The van der Waals surface area contributed by atoms with E-state index < -0.39 is 18.1 Å². The first-order valence-corrected chi connectivity index (χ1v) is 3.03. The van der Waals surface area contributed by atoms with Crippen LogP contribution in [0.2, 0.25) is 0 Å². The quantitative estimate of drug-likeness (QED) is 0.456. The first-order valence-electron chi connectivity index (χ1n) is 3.03. The van der Waals surface area contributed by atoms with Gasteiger partial charge in [0.25, 0.3) is 0 Å². The molecule has 0 spiro atoms. The van der Waals surface area contributed by atoms with Crippen molar-refractivity contribution >= 4 is 6.08 Å². The van der Waals surface area contributed by atoms with Crippen LogP contribution >= 0.6 is 0 Å². The maximum atomic E-state index is 11.9. The number of aliphatic imine (C=N–C) groups is 1. The Labute approximate surface area is 62.1 Å².